The minimum Gasteiger partial charge on any atom is -0.399 e. The third-order valence-corrected chi connectivity index (χ3v) is 3.07. The summed E-state index contributed by atoms with van der Waals surface area (Å²) in [6, 6.07) is 16.0. The molecule has 0 amide bonds. The van der Waals surface area contributed by atoms with Crippen LogP contribution in [0, 0.1) is 0 Å². The molecule has 0 aliphatic carbocycles. The third-order valence-electron chi connectivity index (χ3n) is 2.28. The van der Waals surface area contributed by atoms with Crippen molar-refractivity contribution in [1.29, 1.82) is 0 Å². The van der Waals surface area contributed by atoms with Gasteiger partial charge in [0.2, 0.25) is 0 Å². The fourth-order valence-electron chi connectivity index (χ4n) is 1.50. The van der Waals surface area contributed by atoms with Crippen molar-refractivity contribution in [3.05, 3.63) is 48.5 Å². The molecule has 0 fully saturated rings. The van der Waals surface area contributed by atoms with Crippen LogP contribution >= 0.6 is 11.8 Å². The molecule has 0 aliphatic rings. The lowest BCUT2D eigenvalue weighted by molar-refractivity contribution is 1.42. The van der Waals surface area contributed by atoms with Gasteiger partial charge in [-0.3, -0.25) is 0 Å². The predicted molar refractivity (Wildman–Crippen MR) is 72.4 cm³/mol. The monoisotopic (exact) mass is 230 g/mol. The third kappa shape index (κ3) is 2.49. The lowest BCUT2D eigenvalue weighted by Crippen LogP contribution is -1.94. The van der Waals surface area contributed by atoms with Crippen molar-refractivity contribution in [2.45, 2.75) is 4.90 Å². The number of hydrogen-bond donors (Lipinski definition) is 2. The van der Waals surface area contributed by atoms with E-state index in [1.807, 2.05) is 48.5 Å². The molecule has 3 N–H and O–H groups in total. The molecule has 0 unspecified atom stereocenters. The second-order valence-electron chi connectivity index (χ2n) is 3.45. The van der Waals surface area contributed by atoms with E-state index in [1.54, 1.807) is 11.8 Å². The fraction of sp³-hybridized carbons (Fsp3) is 0.0769. The summed E-state index contributed by atoms with van der Waals surface area (Å²) in [4.78, 5) is 1.19. The Bertz CT molecular complexity index is 469. The van der Waals surface area contributed by atoms with E-state index in [9.17, 15) is 0 Å². The Morgan fingerprint density at radius 2 is 1.81 bits per heavy atom. The van der Waals surface area contributed by atoms with Crippen LogP contribution in [0.5, 0.6) is 0 Å². The fourth-order valence-corrected chi connectivity index (χ4v) is 2.03. The molecule has 0 bridgehead atoms. The summed E-state index contributed by atoms with van der Waals surface area (Å²) in [6.07, 6.45) is 2.06. The second kappa shape index (κ2) is 4.94. The van der Waals surface area contributed by atoms with Gasteiger partial charge in [0.15, 0.2) is 0 Å². The summed E-state index contributed by atoms with van der Waals surface area (Å²) >= 11 is 1.71. The number of rotatable bonds is 3. The quantitative estimate of drug-likeness (QED) is 0.623. The van der Waals surface area contributed by atoms with Gasteiger partial charge in [0, 0.05) is 16.3 Å². The zero-order chi connectivity index (χ0) is 11.4. The van der Waals surface area contributed by atoms with Gasteiger partial charge in [0.1, 0.15) is 0 Å². The van der Waals surface area contributed by atoms with Crippen LogP contribution in [-0.4, -0.2) is 6.26 Å². The zero-order valence-corrected chi connectivity index (χ0v) is 9.92. The van der Waals surface area contributed by atoms with Gasteiger partial charge in [-0.2, -0.15) is 0 Å². The average Bonchev–Trinajstić information content (AvgIpc) is 2.31. The Hall–Kier alpha value is -1.61. The lowest BCUT2D eigenvalue weighted by atomic mass is 10.2. The van der Waals surface area contributed by atoms with E-state index in [0.717, 1.165) is 17.1 Å². The van der Waals surface area contributed by atoms with E-state index in [4.69, 9.17) is 5.73 Å². The molecular weight excluding hydrogens is 216 g/mol. The van der Waals surface area contributed by atoms with Crippen LogP contribution in [0.15, 0.2) is 53.4 Å². The molecule has 0 saturated heterocycles. The first-order valence-electron chi connectivity index (χ1n) is 5.05. The van der Waals surface area contributed by atoms with Gasteiger partial charge in [0.25, 0.3) is 0 Å². The first kappa shape index (κ1) is 10.9. The number of benzene rings is 2. The van der Waals surface area contributed by atoms with Crippen LogP contribution in [-0.2, 0) is 0 Å². The van der Waals surface area contributed by atoms with Crippen molar-refractivity contribution < 1.29 is 0 Å². The number of thioether (sulfide) groups is 1. The Morgan fingerprint density at radius 3 is 2.50 bits per heavy atom. The normalized spacial score (nSPS) is 10.1. The molecule has 2 rings (SSSR count). The summed E-state index contributed by atoms with van der Waals surface area (Å²) in [6.45, 7) is 0. The minimum atomic E-state index is 0.774. The minimum absolute atomic E-state index is 0.774. The molecule has 82 valence electrons. The molecule has 0 aromatic heterocycles. The Morgan fingerprint density at radius 1 is 1.06 bits per heavy atom. The van der Waals surface area contributed by atoms with Gasteiger partial charge < -0.3 is 11.1 Å². The number of nitrogen functional groups attached to an aromatic ring is 1. The van der Waals surface area contributed by atoms with Gasteiger partial charge in [-0.1, -0.05) is 18.2 Å². The summed E-state index contributed by atoms with van der Waals surface area (Å²) in [7, 11) is 0. The summed E-state index contributed by atoms with van der Waals surface area (Å²) in [5.41, 5.74) is 8.69. The summed E-state index contributed by atoms with van der Waals surface area (Å²) in [5, 5.41) is 3.36. The van der Waals surface area contributed by atoms with Crippen LogP contribution < -0.4 is 11.1 Å². The Labute approximate surface area is 99.9 Å². The molecule has 0 atom stereocenters. The topological polar surface area (TPSA) is 38.0 Å². The second-order valence-corrected chi connectivity index (χ2v) is 4.30. The molecule has 0 heterocycles. The number of anilines is 3. The molecule has 2 aromatic rings. The van der Waals surface area contributed by atoms with E-state index in [0.29, 0.717) is 0 Å². The molecule has 0 radical (unpaired) electrons. The van der Waals surface area contributed by atoms with Crippen molar-refractivity contribution in [3.63, 3.8) is 0 Å². The van der Waals surface area contributed by atoms with Crippen LogP contribution in [0.25, 0.3) is 0 Å². The maximum Gasteiger partial charge on any atom is 0.0542 e. The van der Waals surface area contributed by atoms with Crippen LogP contribution in [0.2, 0.25) is 0 Å². The van der Waals surface area contributed by atoms with Gasteiger partial charge in [-0.05, 0) is 36.6 Å². The molecule has 0 saturated carbocycles. The van der Waals surface area contributed by atoms with Gasteiger partial charge in [-0.15, -0.1) is 11.8 Å². The zero-order valence-electron chi connectivity index (χ0n) is 9.10. The van der Waals surface area contributed by atoms with Gasteiger partial charge in [0.05, 0.1) is 5.69 Å². The molecular formula is C13H14N2S. The van der Waals surface area contributed by atoms with E-state index < -0.39 is 0 Å². The molecule has 0 spiro atoms. The molecule has 2 aromatic carbocycles. The SMILES string of the molecule is CSc1ccc(N)cc1Nc1ccccc1. The summed E-state index contributed by atoms with van der Waals surface area (Å²) < 4.78 is 0. The molecule has 3 heteroatoms. The predicted octanol–water partition coefficient (Wildman–Crippen LogP) is 3.73. The summed E-state index contributed by atoms with van der Waals surface area (Å²) in [5.74, 6) is 0. The highest BCUT2D eigenvalue weighted by Gasteiger charge is 2.02. The van der Waals surface area contributed by atoms with Crippen LogP contribution in [0.1, 0.15) is 0 Å². The average molecular weight is 230 g/mol. The van der Waals surface area contributed by atoms with Crippen molar-refractivity contribution in [1.82, 2.24) is 0 Å². The maximum atomic E-state index is 5.79. The maximum absolute atomic E-state index is 5.79. The number of para-hydroxylation sites is 1. The highest BCUT2D eigenvalue weighted by atomic mass is 32.2. The standard InChI is InChI=1S/C13H14N2S/c1-16-13-8-7-10(14)9-12(13)15-11-5-3-2-4-6-11/h2-9,15H,14H2,1H3. The van der Waals surface area contributed by atoms with Crippen molar-refractivity contribution in [3.8, 4) is 0 Å². The number of nitrogens with one attached hydrogen (secondary N) is 1. The smallest absolute Gasteiger partial charge is 0.0542 e. The lowest BCUT2D eigenvalue weighted by Gasteiger charge is -2.11. The first-order chi connectivity index (χ1) is 7.79. The van der Waals surface area contributed by atoms with Gasteiger partial charge in [-0.25, -0.2) is 0 Å². The highest BCUT2D eigenvalue weighted by molar-refractivity contribution is 7.98. The van der Waals surface area contributed by atoms with Crippen molar-refractivity contribution >= 4 is 28.8 Å². The van der Waals surface area contributed by atoms with E-state index >= 15 is 0 Å². The van der Waals surface area contributed by atoms with Crippen molar-refractivity contribution in [2.24, 2.45) is 0 Å². The van der Waals surface area contributed by atoms with E-state index in [-0.39, 0.29) is 0 Å². The largest absolute Gasteiger partial charge is 0.399 e. The van der Waals surface area contributed by atoms with Crippen molar-refractivity contribution in [2.75, 3.05) is 17.3 Å². The molecule has 16 heavy (non-hydrogen) atoms. The van der Waals surface area contributed by atoms with Crippen LogP contribution in [0.4, 0.5) is 17.1 Å². The molecule has 2 nitrogen and oxygen atoms in total. The number of hydrogen-bond acceptors (Lipinski definition) is 3. The number of nitrogens with two attached hydrogens (primary N) is 1. The molecule has 0 aliphatic heterocycles. The Balaban J connectivity index is 2.30. The Kier molecular flexibility index (Phi) is 3.37. The van der Waals surface area contributed by atoms with E-state index in [1.165, 1.54) is 4.90 Å². The highest BCUT2D eigenvalue weighted by Crippen LogP contribution is 2.29. The van der Waals surface area contributed by atoms with E-state index in [2.05, 4.69) is 11.6 Å². The first-order valence-corrected chi connectivity index (χ1v) is 6.27. The van der Waals surface area contributed by atoms with Crippen LogP contribution in [0.3, 0.4) is 0 Å². The van der Waals surface area contributed by atoms with Gasteiger partial charge >= 0.3 is 0 Å².